The molecule has 8 heteroatoms. The first kappa shape index (κ1) is 24.3. The van der Waals surface area contributed by atoms with Crippen LogP contribution in [0, 0.1) is 0 Å². The molecule has 3 rings (SSSR count). The monoisotopic (exact) mass is 454 g/mol. The molecule has 0 saturated heterocycles. The largest absolute Gasteiger partial charge is 0.481 e. The van der Waals surface area contributed by atoms with Crippen LogP contribution in [0.15, 0.2) is 48.5 Å². The fraction of sp³-hybridized carbons (Fsp3) is 0.400. The summed E-state index contributed by atoms with van der Waals surface area (Å²) in [5.41, 5.74) is 3.25. The fourth-order valence-corrected chi connectivity index (χ4v) is 4.00. The second kappa shape index (κ2) is 10.5. The standard InChI is InChI=1S/C25H30N2O6/c1-4-25(2,23(30)26-14-16(32-3)13-22(28)29)27-24(31)33-15-21-19-11-7-5-9-17(19)18-10-6-8-12-20(18)21/h5-12,16,21H,4,13-15H2,1-3H3,(H,26,30)(H,27,31)(H,28,29). The molecule has 0 heterocycles. The molecule has 8 nitrogen and oxygen atoms in total. The predicted octanol–water partition coefficient (Wildman–Crippen LogP) is 3.30. The van der Waals surface area contributed by atoms with Gasteiger partial charge in [0.2, 0.25) is 5.91 Å². The van der Waals surface area contributed by atoms with Gasteiger partial charge in [0.15, 0.2) is 0 Å². The van der Waals surface area contributed by atoms with Crippen molar-refractivity contribution in [3.8, 4) is 11.1 Å². The maximum absolute atomic E-state index is 12.7. The first-order valence-electron chi connectivity index (χ1n) is 10.9. The lowest BCUT2D eigenvalue weighted by Crippen LogP contribution is -2.57. The first-order valence-corrected chi connectivity index (χ1v) is 10.9. The summed E-state index contributed by atoms with van der Waals surface area (Å²) in [6.45, 7) is 3.53. The van der Waals surface area contributed by atoms with Gasteiger partial charge >= 0.3 is 12.1 Å². The highest BCUT2D eigenvalue weighted by Crippen LogP contribution is 2.44. The molecule has 0 aromatic heterocycles. The van der Waals surface area contributed by atoms with Crippen LogP contribution in [0.3, 0.4) is 0 Å². The zero-order valence-electron chi connectivity index (χ0n) is 19.1. The molecule has 0 bridgehead atoms. The molecule has 176 valence electrons. The van der Waals surface area contributed by atoms with Gasteiger partial charge in [-0.25, -0.2) is 4.79 Å². The molecule has 1 aliphatic carbocycles. The molecule has 2 amide bonds. The van der Waals surface area contributed by atoms with Gasteiger partial charge in [-0.3, -0.25) is 9.59 Å². The third-order valence-corrected chi connectivity index (χ3v) is 6.16. The van der Waals surface area contributed by atoms with E-state index in [-0.39, 0.29) is 25.5 Å². The minimum absolute atomic E-state index is 0.0175. The summed E-state index contributed by atoms with van der Waals surface area (Å²) in [6, 6.07) is 16.1. The van der Waals surface area contributed by atoms with Gasteiger partial charge in [-0.15, -0.1) is 0 Å². The van der Waals surface area contributed by atoms with Crippen LogP contribution in [0.25, 0.3) is 11.1 Å². The Morgan fingerprint density at radius 1 is 1.06 bits per heavy atom. The van der Waals surface area contributed by atoms with Gasteiger partial charge in [0.25, 0.3) is 0 Å². The molecule has 0 saturated carbocycles. The van der Waals surface area contributed by atoms with E-state index >= 15 is 0 Å². The summed E-state index contributed by atoms with van der Waals surface area (Å²) in [6.07, 6.45) is -1.27. The third kappa shape index (κ3) is 5.51. The molecule has 2 unspecified atom stereocenters. The van der Waals surface area contributed by atoms with Crippen LogP contribution in [-0.4, -0.2) is 55.0 Å². The van der Waals surface area contributed by atoms with E-state index in [1.807, 2.05) is 36.4 Å². The summed E-state index contributed by atoms with van der Waals surface area (Å²) in [5, 5.41) is 14.2. The van der Waals surface area contributed by atoms with Crippen molar-refractivity contribution in [2.24, 2.45) is 0 Å². The molecule has 0 spiro atoms. The van der Waals surface area contributed by atoms with Crippen LogP contribution in [0.4, 0.5) is 4.79 Å². The number of ether oxygens (including phenoxy) is 2. The molecule has 0 aliphatic heterocycles. The summed E-state index contributed by atoms with van der Waals surface area (Å²) >= 11 is 0. The summed E-state index contributed by atoms with van der Waals surface area (Å²) in [7, 11) is 1.38. The number of carboxylic acids is 1. The zero-order valence-corrected chi connectivity index (χ0v) is 19.1. The number of hydrogen-bond donors (Lipinski definition) is 3. The van der Waals surface area contributed by atoms with Crippen molar-refractivity contribution in [3.05, 3.63) is 59.7 Å². The molecule has 1 aliphatic rings. The second-order valence-electron chi connectivity index (χ2n) is 8.30. The van der Waals surface area contributed by atoms with E-state index in [4.69, 9.17) is 14.6 Å². The number of carbonyl (C=O) groups is 3. The SMILES string of the molecule is CCC(C)(NC(=O)OCC1c2ccccc2-c2ccccc21)C(=O)NCC(CC(=O)O)OC. The van der Waals surface area contributed by atoms with Gasteiger partial charge in [-0.05, 0) is 35.6 Å². The van der Waals surface area contributed by atoms with Crippen LogP contribution in [0.5, 0.6) is 0 Å². The van der Waals surface area contributed by atoms with E-state index in [9.17, 15) is 14.4 Å². The van der Waals surface area contributed by atoms with Crippen molar-refractivity contribution in [2.75, 3.05) is 20.3 Å². The van der Waals surface area contributed by atoms with Gasteiger partial charge in [0.05, 0.1) is 12.5 Å². The van der Waals surface area contributed by atoms with Crippen LogP contribution < -0.4 is 10.6 Å². The van der Waals surface area contributed by atoms with Crippen molar-refractivity contribution in [1.29, 1.82) is 0 Å². The molecule has 0 fully saturated rings. The smallest absolute Gasteiger partial charge is 0.408 e. The number of rotatable bonds is 10. The number of aliphatic carboxylic acids is 1. The number of carbonyl (C=O) groups excluding carboxylic acids is 2. The molecule has 0 radical (unpaired) electrons. The highest BCUT2D eigenvalue weighted by atomic mass is 16.5. The molecule has 2 aromatic rings. The minimum Gasteiger partial charge on any atom is -0.481 e. The Hall–Kier alpha value is -3.39. The van der Waals surface area contributed by atoms with Gasteiger partial charge in [0.1, 0.15) is 12.1 Å². The number of benzene rings is 2. The Morgan fingerprint density at radius 2 is 1.64 bits per heavy atom. The highest BCUT2D eigenvalue weighted by molar-refractivity contribution is 5.89. The predicted molar refractivity (Wildman–Crippen MR) is 123 cm³/mol. The second-order valence-corrected chi connectivity index (χ2v) is 8.30. The lowest BCUT2D eigenvalue weighted by molar-refractivity contribution is -0.140. The molecule has 3 N–H and O–H groups in total. The van der Waals surface area contributed by atoms with Crippen LogP contribution in [0.1, 0.15) is 43.7 Å². The Morgan fingerprint density at radius 3 is 2.15 bits per heavy atom. The fourth-order valence-electron chi connectivity index (χ4n) is 4.00. The van der Waals surface area contributed by atoms with Gasteiger partial charge in [-0.1, -0.05) is 55.5 Å². The Labute approximate surface area is 193 Å². The normalized spacial score (nSPS) is 15.0. The topological polar surface area (TPSA) is 114 Å². The van der Waals surface area contributed by atoms with E-state index in [1.165, 1.54) is 7.11 Å². The van der Waals surface area contributed by atoms with Crippen molar-refractivity contribution < 1.29 is 29.0 Å². The van der Waals surface area contributed by atoms with E-state index < -0.39 is 29.6 Å². The lowest BCUT2D eigenvalue weighted by atomic mass is 9.97. The van der Waals surface area contributed by atoms with E-state index in [2.05, 4.69) is 22.8 Å². The average molecular weight is 455 g/mol. The number of hydrogen-bond acceptors (Lipinski definition) is 5. The third-order valence-electron chi connectivity index (χ3n) is 6.16. The molecular formula is C25H30N2O6. The van der Waals surface area contributed by atoms with E-state index in [0.29, 0.717) is 6.42 Å². The van der Waals surface area contributed by atoms with Gasteiger partial charge in [0, 0.05) is 19.6 Å². The van der Waals surface area contributed by atoms with Crippen LogP contribution >= 0.6 is 0 Å². The lowest BCUT2D eigenvalue weighted by Gasteiger charge is -2.29. The molecule has 2 aromatic carbocycles. The molecule has 33 heavy (non-hydrogen) atoms. The molecular weight excluding hydrogens is 424 g/mol. The number of alkyl carbamates (subject to hydrolysis) is 1. The zero-order chi connectivity index (χ0) is 24.0. The molecule has 2 atom stereocenters. The van der Waals surface area contributed by atoms with Crippen LogP contribution in [-0.2, 0) is 19.1 Å². The quantitative estimate of drug-likeness (QED) is 0.508. The van der Waals surface area contributed by atoms with Crippen molar-refractivity contribution in [3.63, 3.8) is 0 Å². The number of amides is 2. The first-order chi connectivity index (χ1) is 15.8. The number of methoxy groups -OCH3 is 1. The summed E-state index contributed by atoms with van der Waals surface area (Å²) < 4.78 is 10.6. The number of carboxylic acid groups (broad SMARTS) is 1. The summed E-state index contributed by atoms with van der Waals surface area (Å²) in [4.78, 5) is 36.2. The van der Waals surface area contributed by atoms with E-state index in [0.717, 1.165) is 22.3 Å². The van der Waals surface area contributed by atoms with Crippen molar-refractivity contribution >= 4 is 18.0 Å². The number of fused-ring (bicyclic) bond motifs is 3. The Balaban J connectivity index is 1.61. The van der Waals surface area contributed by atoms with Gasteiger partial charge < -0.3 is 25.2 Å². The highest BCUT2D eigenvalue weighted by Gasteiger charge is 2.35. The minimum atomic E-state index is -1.22. The maximum Gasteiger partial charge on any atom is 0.408 e. The van der Waals surface area contributed by atoms with Crippen LogP contribution in [0.2, 0.25) is 0 Å². The van der Waals surface area contributed by atoms with Gasteiger partial charge in [-0.2, -0.15) is 0 Å². The number of nitrogens with one attached hydrogen (secondary N) is 2. The van der Waals surface area contributed by atoms with E-state index in [1.54, 1.807) is 13.8 Å². The average Bonchev–Trinajstić information content (AvgIpc) is 3.13. The van der Waals surface area contributed by atoms with Crippen molar-refractivity contribution in [2.45, 2.75) is 44.2 Å². The Bertz CT molecular complexity index is 978. The van der Waals surface area contributed by atoms with Crippen molar-refractivity contribution in [1.82, 2.24) is 10.6 Å². The summed E-state index contributed by atoms with van der Waals surface area (Å²) in [5.74, 6) is -1.54. The Kier molecular flexibility index (Phi) is 7.71. The maximum atomic E-state index is 12.7.